The molecule has 65 heavy (non-hydrogen) atoms. The lowest BCUT2D eigenvalue weighted by Gasteiger charge is -2.39. The lowest BCUT2D eigenvalue weighted by atomic mass is 9.61. The van der Waals surface area contributed by atoms with Crippen molar-refractivity contribution in [3.63, 3.8) is 0 Å². The van der Waals surface area contributed by atoms with Gasteiger partial charge in [-0.3, -0.25) is 0 Å². The first-order chi connectivity index (χ1) is 30.9. The zero-order valence-corrected chi connectivity index (χ0v) is 36.7. The fourth-order valence-electron chi connectivity index (χ4n) is 9.00. The summed E-state index contributed by atoms with van der Waals surface area (Å²) in [6.07, 6.45) is -5.21. The number of halogens is 6. The van der Waals surface area contributed by atoms with Gasteiger partial charge in [0.2, 0.25) is 0 Å². The van der Waals surface area contributed by atoms with Crippen molar-refractivity contribution in [1.29, 1.82) is 5.26 Å². The van der Waals surface area contributed by atoms with Crippen LogP contribution in [0.5, 0.6) is 0 Å². The van der Waals surface area contributed by atoms with Gasteiger partial charge < -0.3 is 0 Å². The number of fused-ring (bicyclic) bond motifs is 1. The first-order valence-corrected chi connectivity index (χ1v) is 21.2. The fourth-order valence-corrected chi connectivity index (χ4v) is 9.00. The van der Waals surface area contributed by atoms with Crippen LogP contribution in [0.25, 0.3) is 44.2 Å². The van der Waals surface area contributed by atoms with Gasteiger partial charge in [0, 0.05) is 5.92 Å². The van der Waals surface area contributed by atoms with Crippen molar-refractivity contribution in [2.75, 3.05) is 0 Å². The quantitative estimate of drug-likeness (QED) is 0.0938. The van der Waals surface area contributed by atoms with E-state index in [2.05, 4.69) is 49.9 Å². The molecule has 0 aliphatic rings. The van der Waals surface area contributed by atoms with Crippen molar-refractivity contribution in [1.82, 2.24) is 0 Å². The maximum absolute atomic E-state index is 13.7. The number of rotatable bonds is 11. The molecule has 7 heteroatoms. The van der Waals surface area contributed by atoms with E-state index in [-0.39, 0.29) is 0 Å². The normalized spacial score (nSPS) is 14.3. The van der Waals surface area contributed by atoms with Crippen LogP contribution in [0.1, 0.15) is 70.8 Å². The summed E-state index contributed by atoms with van der Waals surface area (Å²) in [4.78, 5) is 0. The van der Waals surface area contributed by atoms with E-state index in [0.717, 1.165) is 79.6 Å². The summed E-state index contributed by atoms with van der Waals surface area (Å²) >= 11 is 0. The van der Waals surface area contributed by atoms with Gasteiger partial charge in [0.1, 0.15) is 5.41 Å². The maximum Gasteiger partial charge on any atom is 0.416 e. The van der Waals surface area contributed by atoms with E-state index in [1.807, 2.05) is 125 Å². The topological polar surface area (TPSA) is 23.8 Å². The van der Waals surface area contributed by atoms with Crippen LogP contribution >= 0.6 is 0 Å². The zero-order chi connectivity index (χ0) is 46.7. The molecule has 7 rings (SSSR count). The van der Waals surface area contributed by atoms with E-state index in [1.165, 1.54) is 24.3 Å². The fraction of sp³-hybridized carbons (Fsp3) is 0.155. The second-order valence-electron chi connectivity index (χ2n) is 16.5. The number of nitrogens with zero attached hydrogens (tertiary/aromatic N) is 1. The van der Waals surface area contributed by atoms with Crippen LogP contribution in [0.15, 0.2) is 188 Å². The molecular weight excluding hydrogens is 825 g/mol. The van der Waals surface area contributed by atoms with Crippen molar-refractivity contribution >= 4 is 33.1 Å². The van der Waals surface area contributed by atoms with Crippen LogP contribution in [-0.2, 0) is 17.8 Å². The van der Waals surface area contributed by atoms with Crippen LogP contribution < -0.4 is 0 Å². The minimum Gasteiger partial charge on any atom is -0.197 e. The Morgan fingerprint density at radius 3 is 1.69 bits per heavy atom. The Bertz CT molecular complexity index is 3000. The van der Waals surface area contributed by atoms with Gasteiger partial charge in [-0.1, -0.05) is 165 Å². The highest BCUT2D eigenvalue weighted by atomic mass is 19.4. The van der Waals surface area contributed by atoms with E-state index in [9.17, 15) is 31.6 Å². The molecule has 0 aliphatic carbocycles. The number of aryl methyl sites for hydroxylation is 1. The number of benzene rings is 7. The summed E-state index contributed by atoms with van der Waals surface area (Å²) in [6.45, 7) is 14.2. The van der Waals surface area contributed by atoms with E-state index in [4.69, 9.17) is 0 Å². The van der Waals surface area contributed by atoms with Gasteiger partial charge in [-0.15, -0.1) is 0 Å². The average molecular weight is 872 g/mol. The lowest BCUT2D eigenvalue weighted by Crippen LogP contribution is -2.36. The van der Waals surface area contributed by atoms with Gasteiger partial charge in [-0.25, -0.2) is 0 Å². The predicted octanol–water partition coefficient (Wildman–Crippen LogP) is 16.9. The standard InChI is InChI=1S/C58H47F6N/c1-37-24-25-47-20-13-14-21-51(47)55(37)50-22-15-23-54(40(50)4)56(36-65,41(5)52(45-16-9-7-10-17-45)34-38(2)43-26-30-48(31-27-43)57(59,60)61)42(6)53(46-18-11-8-12-19-46)35-39(3)44-28-32-49(33-29-44)58(62,63)64/h7-35,41H,2H2,1,3-6H3/b39-35+,52-34+,53-42-/t41?,56-/m0/s1. The Hall–Kier alpha value is -7.17. The predicted molar refractivity (Wildman–Crippen MR) is 254 cm³/mol. The second-order valence-corrected chi connectivity index (χ2v) is 16.5. The molecule has 0 radical (unpaired) electrons. The molecule has 0 amide bonds. The minimum atomic E-state index is -4.51. The highest BCUT2D eigenvalue weighted by Crippen LogP contribution is 2.51. The van der Waals surface area contributed by atoms with E-state index >= 15 is 0 Å². The summed E-state index contributed by atoms with van der Waals surface area (Å²) in [5, 5.41) is 14.4. The van der Waals surface area contributed by atoms with E-state index in [1.54, 1.807) is 0 Å². The molecular formula is C58H47F6N. The molecule has 0 fully saturated rings. The SMILES string of the molecule is C=C(/C=C(/c1ccccc1)C(C)[C@@](C#N)(/C(C)=C(/C=C(\C)c1ccc(C(F)(F)F)cc1)c1ccccc1)c1cccc(-c2c(C)ccc3ccccc23)c1C)c1ccc(C(F)(F)F)cc1. The zero-order valence-electron chi connectivity index (χ0n) is 36.7. The molecule has 0 N–H and O–H groups in total. The van der Waals surface area contributed by atoms with Gasteiger partial charge in [0.15, 0.2) is 0 Å². The van der Waals surface area contributed by atoms with Crippen molar-refractivity contribution in [3.05, 3.63) is 238 Å². The van der Waals surface area contributed by atoms with Crippen LogP contribution in [0.4, 0.5) is 26.3 Å². The van der Waals surface area contributed by atoms with E-state index < -0.39 is 34.8 Å². The Morgan fingerprint density at radius 1 is 0.585 bits per heavy atom. The molecule has 0 spiro atoms. The molecule has 0 aromatic heterocycles. The number of allylic oxidation sites excluding steroid dienone is 7. The monoisotopic (exact) mass is 871 g/mol. The third kappa shape index (κ3) is 9.26. The molecule has 1 nitrogen and oxygen atoms in total. The number of hydrogen-bond donors (Lipinski definition) is 0. The molecule has 2 atom stereocenters. The van der Waals surface area contributed by atoms with Crippen molar-refractivity contribution in [2.45, 2.75) is 52.4 Å². The maximum atomic E-state index is 13.7. The van der Waals surface area contributed by atoms with Crippen molar-refractivity contribution in [3.8, 4) is 17.2 Å². The van der Waals surface area contributed by atoms with Crippen molar-refractivity contribution < 1.29 is 26.3 Å². The third-order valence-electron chi connectivity index (χ3n) is 12.6. The second kappa shape index (κ2) is 18.5. The average Bonchev–Trinajstić information content (AvgIpc) is 3.30. The Kier molecular flexibility index (Phi) is 13.1. The Balaban J connectivity index is 1.55. The summed E-state index contributed by atoms with van der Waals surface area (Å²) in [5.74, 6) is -0.651. The third-order valence-corrected chi connectivity index (χ3v) is 12.6. The molecule has 0 saturated carbocycles. The number of nitriles is 1. The molecule has 1 unspecified atom stereocenters. The molecule has 0 bridgehead atoms. The largest absolute Gasteiger partial charge is 0.416 e. The molecule has 0 saturated heterocycles. The number of alkyl halides is 6. The van der Waals surface area contributed by atoms with Gasteiger partial charge in [0.25, 0.3) is 0 Å². The number of hydrogen-bond acceptors (Lipinski definition) is 1. The Labute approximate surface area is 377 Å². The summed E-state index contributed by atoms with van der Waals surface area (Å²) < 4.78 is 81.9. The highest BCUT2D eigenvalue weighted by molar-refractivity contribution is 5.99. The summed E-state index contributed by atoms with van der Waals surface area (Å²) in [5.41, 5.74) is 7.58. The van der Waals surface area contributed by atoms with Gasteiger partial charge in [-0.05, 0) is 141 Å². The van der Waals surface area contributed by atoms with E-state index in [0.29, 0.717) is 33.4 Å². The first kappa shape index (κ1) is 45.8. The smallest absolute Gasteiger partial charge is 0.197 e. The molecule has 7 aromatic carbocycles. The lowest BCUT2D eigenvalue weighted by molar-refractivity contribution is -0.138. The highest BCUT2D eigenvalue weighted by Gasteiger charge is 2.45. The molecule has 0 heterocycles. The van der Waals surface area contributed by atoms with Crippen LogP contribution in [0.3, 0.4) is 0 Å². The molecule has 7 aromatic rings. The van der Waals surface area contributed by atoms with Gasteiger partial charge in [-0.2, -0.15) is 31.6 Å². The van der Waals surface area contributed by atoms with Crippen molar-refractivity contribution in [2.24, 2.45) is 5.92 Å². The Morgan fingerprint density at radius 2 is 1.12 bits per heavy atom. The summed E-state index contributed by atoms with van der Waals surface area (Å²) in [7, 11) is 0. The first-order valence-electron chi connectivity index (χ1n) is 21.2. The van der Waals surface area contributed by atoms with Gasteiger partial charge >= 0.3 is 12.4 Å². The van der Waals surface area contributed by atoms with Gasteiger partial charge in [0.05, 0.1) is 17.2 Å². The van der Waals surface area contributed by atoms with Crippen LogP contribution in [-0.4, -0.2) is 0 Å². The minimum absolute atomic E-state index is 0.455. The molecule has 326 valence electrons. The van der Waals surface area contributed by atoms with Crippen LogP contribution in [0.2, 0.25) is 0 Å². The molecule has 0 aliphatic heterocycles. The van der Waals surface area contributed by atoms with Crippen LogP contribution in [0, 0.1) is 31.1 Å². The summed E-state index contributed by atoms with van der Waals surface area (Å²) in [6, 6.07) is 50.4.